The summed E-state index contributed by atoms with van der Waals surface area (Å²) in [5.41, 5.74) is -0.686. The van der Waals surface area contributed by atoms with Crippen molar-refractivity contribution >= 4 is 17.5 Å². The molecule has 0 amide bonds. The van der Waals surface area contributed by atoms with Gasteiger partial charge in [0.1, 0.15) is 11.4 Å². The standard InChI is InChI=1S/C14H11F3N2O2/c1-8-4-5-9(7-11(8)14(15,16)17)19-12-10(13(20)21)3-2-6-18-12/h2-7H,1H3,(H,18,19)(H,20,21). The minimum Gasteiger partial charge on any atom is -0.478 e. The van der Waals surface area contributed by atoms with Crippen LogP contribution in [0.15, 0.2) is 36.5 Å². The van der Waals surface area contributed by atoms with Crippen LogP contribution in [0.25, 0.3) is 0 Å². The normalized spacial score (nSPS) is 11.2. The monoisotopic (exact) mass is 296 g/mol. The summed E-state index contributed by atoms with van der Waals surface area (Å²) >= 11 is 0. The van der Waals surface area contributed by atoms with Crippen molar-refractivity contribution in [1.82, 2.24) is 4.98 Å². The third-order valence-electron chi connectivity index (χ3n) is 2.84. The predicted molar refractivity (Wildman–Crippen MR) is 70.7 cm³/mol. The molecule has 0 saturated heterocycles. The molecule has 0 spiro atoms. The highest BCUT2D eigenvalue weighted by molar-refractivity contribution is 5.93. The average molecular weight is 296 g/mol. The molecule has 0 atom stereocenters. The molecule has 4 nitrogen and oxygen atoms in total. The number of halogens is 3. The molecule has 110 valence electrons. The number of pyridine rings is 1. The smallest absolute Gasteiger partial charge is 0.416 e. The molecule has 2 N–H and O–H groups in total. The van der Waals surface area contributed by atoms with Crippen LogP contribution in [0, 0.1) is 6.92 Å². The van der Waals surface area contributed by atoms with E-state index in [2.05, 4.69) is 10.3 Å². The number of anilines is 2. The van der Waals surface area contributed by atoms with Crippen LogP contribution in [0.4, 0.5) is 24.7 Å². The molecule has 0 saturated carbocycles. The van der Waals surface area contributed by atoms with E-state index >= 15 is 0 Å². The Hall–Kier alpha value is -2.57. The molecule has 21 heavy (non-hydrogen) atoms. The molecule has 1 aromatic heterocycles. The van der Waals surface area contributed by atoms with E-state index in [0.29, 0.717) is 0 Å². The van der Waals surface area contributed by atoms with Crippen LogP contribution in [0.5, 0.6) is 0 Å². The van der Waals surface area contributed by atoms with Crippen molar-refractivity contribution < 1.29 is 23.1 Å². The number of aromatic nitrogens is 1. The van der Waals surface area contributed by atoms with Gasteiger partial charge in [0.05, 0.1) is 5.56 Å². The molecule has 1 heterocycles. The molecular formula is C14H11F3N2O2. The van der Waals surface area contributed by atoms with Crippen molar-refractivity contribution in [2.45, 2.75) is 13.1 Å². The average Bonchev–Trinajstić information content (AvgIpc) is 2.40. The summed E-state index contributed by atoms with van der Waals surface area (Å²) in [6, 6.07) is 6.43. The number of carboxylic acid groups (broad SMARTS) is 1. The van der Waals surface area contributed by atoms with E-state index in [0.717, 1.165) is 6.07 Å². The lowest BCUT2D eigenvalue weighted by molar-refractivity contribution is -0.138. The number of hydrogen-bond acceptors (Lipinski definition) is 3. The van der Waals surface area contributed by atoms with E-state index in [9.17, 15) is 18.0 Å². The van der Waals surface area contributed by atoms with Crippen LogP contribution in [-0.4, -0.2) is 16.1 Å². The number of aromatic carboxylic acids is 1. The van der Waals surface area contributed by atoms with E-state index in [1.54, 1.807) is 0 Å². The second-order valence-electron chi connectivity index (χ2n) is 4.36. The maximum absolute atomic E-state index is 12.8. The Morgan fingerprint density at radius 2 is 2.00 bits per heavy atom. The third kappa shape index (κ3) is 3.31. The number of aryl methyl sites for hydroxylation is 1. The van der Waals surface area contributed by atoms with Gasteiger partial charge in [-0.3, -0.25) is 0 Å². The summed E-state index contributed by atoms with van der Waals surface area (Å²) in [4.78, 5) is 14.9. The summed E-state index contributed by atoms with van der Waals surface area (Å²) in [5.74, 6) is -1.23. The fourth-order valence-electron chi connectivity index (χ4n) is 1.82. The number of benzene rings is 1. The van der Waals surface area contributed by atoms with Gasteiger partial charge in [-0.05, 0) is 36.8 Å². The molecule has 0 unspecified atom stereocenters. The van der Waals surface area contributed by atoms with Crippen molar-refractivity contribution in [3.8, 4) is 0 Å². The SMILES string of the molecule is Cc1ccc(Nc2ncccc2C(=O)O)cc1C(F)(F)F. The van der Waals surface area contributed by atoms with E-state index < -0.39 is 17.7 Å². The molecule has 0 aliphatic rings. The Bertz CT molecular complexity index is 684. The van der Waals surface area contributed by atoms with Gasteiger partial charge in [0.25, 0.3) is 0 Å². The molecule has 7 heteroatoms. The van der Waals surface area contributed by atoms with E-state index in [1.165, 1.54) is 37.4 Å². The number of nitrogens with one attached hydrogen (secondary N) is 1. The molecule has 0 aliphatic heterocycles. The van der Waals surface area contributed by atoms with Gasteiger partial charge < -0.3 is 10.4 Å². The van der Waals surface area contributed by atoms with Gasteiger partial charge in [-0.15, -0.1) is 0 Å². The topological polar surface area (TPSA) is 62.2 Å². The number of rotatable bonds is 3. The largest absolute Gasteiger partial charge is 0.478 e. The zero-order valence-electron chi connectivity index (χ0n) is 10.9. The van der Waals surface area contributed by atoms with Crippen molar-refractivity contribution in [2.24, 2.45) is 0 Å². The molecule has 2 aromatic rings. The Labute approximate surface area is 118 Å². The van der Waals surface area contributed by atoms with Crippen LogP contribution in [0.3, 0.4) is 0 Å². The highest BCUT2D eigenvalue weighted by Gasteiger charge is 2.32. The fraction of sp³-hybridized carbons (Fsp3) is 0.143. The quantitative estimate of drug-likeness (QED) is 0.903. The van der Waals surface area contributed by atoms with Gasteiger partial charge in [0, 0.05) is 11.9 Å². The second-order valence-corrected chi connectivity index (χ2v) is 4.36. The first-order valence-corrected chi connectivity index (χ1v) is 5.92. The van der Waals surface area contributed by atoms with E-state index in [-0.39, 0.29) is 22.6 Å². The van der Waals surface area contributed by atoms with Crippen LogP contribution >= 0.6 is 0 Å². The molecule has 0 radical (unpaired) electrons. The van der Waals surface area contributed by atoms with Gasteiger partial charge in [-0.2, -0.15) is 13.2 Å². The van der Waals surface area contributed by atoms with Gasteiger partial charge in [-0.25, -0.2) is 9.78 Å². The lowest BCUT2D eigenvalue weighted by Gasteiger charge is -2.13. The highest BCUT2D eigenvalue weighted by atomic mass is 19.4. The molecule has 0 bridgehead atoms. The Morgan fingerprint density at radius 1 is 1.29 bits per heavy atom. The first-order chi connectivity index (χ1) is 9.79. The van der Waals surface area contributed by atoms with Gasteiger partial charge >= 0.3 is 12.1 Å². The van der Waals surface area contributed by atoms with E-state index in [4.69, 9.17) is 5.11 Å². The Balaban J connectivity index is 2.40. The maximum Gasteiger partial charge on any atom is 0.416 e. The number of carbonyl (C=O) groups is 1. The van der Waals surface area contributed by atoms with Crippen LogP contribution in [-0.2, 0) is 6.18 Å². The van der Waals surface area contributed by atoms with Crippen LogP contribution in [0.1, 0.15) is 21.5 Å². The van der Waals surface area contributed by atoms with Crippen LogP contribution in [0.2, 0.25) is 0 Å². The molecule has 0 aliphatic carbocycles. The summed E-state index contributed by atoms with van der Waals surface area (Å²) in [6.07, 6.45) is -3.12. The second kappa shape index (κ2) is 5.43. The third-order valence-corrected chi connectivity index (χ3v) is 2.84. The van der Waals surface area contributed by atoms with Crippen LogP contribution < -0.4 is 5.32 Å². The van der Waals surface area contributed by atoms with Gasteiger partial charge in [0.2, 0.25) is 0 Å². The zero-order chi connectivity index (χ0) is 15.6. The van der Waals surface area contributed by atoms with Crippen molar-refractivity contribution in [3.05, 3.63) is 53.2 Å². The number of hydrogen-bond donors (Lipinski definition) is 2. The first kappa shape index (κ1) is 14.8. The molecular weight excluding hydrogens is 285 g/mol. The van der Waals surface area contributed by atoms with Gasteiger partial charge in [-0.1, -0.05) is 6.07 Å². The number of nitrogens with zero attached hydrogens (tertiary/aromatic N) is 1. The minimum atomic E-state index is -4.47. The summed E-state index contributed by atoms with van der Waals surface area (Å²) in [6.45, 7) is 1.36. The lowest BCUT2D eigenvalue weighted by Crippen LogP contribution is -2.09. The molecule has 1 aromatic carbocycles. The van der Waals surface area contributed by atoms with Gasteiger partial charge in [0.15, 0.2) is 0 Å². The predicted octanol–water partition coefficient (Wildman–Crippen LogP) is 3.85. The fourth-order valence-corrected chi connectivity index (χ4v) is 1.82. The summed E-state index contributed by atoms with van der Waals surface area (Å²) in [7, 11) is 0. The Kier molecular flexibility index (Phi) is 3.84. The number of carboxylic acids is 1. The van der Waals surface area contributed by atoms with E-state index in [1.807, 2.05) is 0 Å². The minimum absolute atomic E-state index is 0.0121. The Morgan fingerprint density at radius 3 is 2.62 bits per heavy atom. The zero-order valence-corrected chi connectivity index (χ0v) is 10.9. The summed E-state index contributed by atoms with van der Waals surface area (Å²) < 4.78 is 38.5. The van der Waals surface area contributed by atoms with Crippen molar-refractivity contribution in [3.63, 3.8) is 0 Å². The van der Waals surface area contributed by atoms with Crippen molar-refractivity contribution in [1.29, 1.82) is 0 Å². The summed E-state index contributed by atoms with van der Waals surface area (Å²) in [5, 5.41) is 11.6. The lowest BCUT2D eigenvalue weighted by atomic mass is 10.1. The number of alkyl halides is 3. The van der Waals surface area contributed by atoms with Crippen molar-refractivity contribution in [2.75, 3.05) is 5.32 Å². The highest BCUT2D eigenvalue weighted by Crippen LogP contribution is 2.34. The molecule has 2 rings (SSSR count). The first-order valence-electron chi connectivity index (χ1n) is 5.92. The maximum atomic E-state index is 12.8. The molecule has 0 fully saturated rings.